The van der Waals surface area contributed by atoms with Crippen molar-refractivity contribution in [3.8, 4) is 0 Å². The Labute approximate surface area is 183 Å². The van der Waals surface area contributed by atoms with E-state index in [1.165, 1.54) is 0 Å². The molecular weight excluding hydrogens is 392 g/mol. The van der Waals surface area contributed by atoms with E-state index in [1.807, 2.05) is 36.9 Å². The molecule has 4 rings (SSSR count). The number of nitrogens with one attached hydrogen (secondary N) is 1. The van der Waals surface area contributed by atoms with Crippen LogP contribution in [0, 0.1) is 13.8 Å². The number of benzene rings is 1. The molecule has 0 unspecified atom stereocenters. The Morgan fingerprint density at radius 3 is 2.55 bits per heavy atom. The Morgan fingerprint density at radius 1 is 1.10 bits per heavy atom. The van der Waals surface area contributed by atoms with Crippen molar-refractivity contribution < 1.29 is 14.0 Å². The van der Waals surface area contributed by atoms with Gasteiger partial charge < -0.3 is 14.2 Å². The van der Waals surface area contributed by atoms with Crippen molar-refractivity contribution in [3.05, 3.63) is 58.0 Å². The topological polar surface area (TPSA) is 78.2 Å². The summed E-state index contributed by atoms with van der Waals surface area (Å²) in [5.74, 6) is 0.924. The van der Waals surface area contributed by atoms with E-state index in [9.17, 15) is 9.59 Å². The summed E-state index contributed by atoms with van der Waals surface area (Å²) in [4.78, 5) is 29.9. The molecule has 0 atom stereocenters. The van der Waals surface area contributed by atoms with Crippen LogP contribution in [0.2, 0.25) is 0 Å². The number of hydrogen-bond acceptors (Lipinski definition) is 5. The summed E-state index contributed by atoms with van der Waals surface area (Å²) in [7, 11) is 0. The first-order chi connectivity index (χ1) is 15.0. The van der Waals surface area contributed by atoms with E-state index in [0.717, 1.165) is 67.1 Å². The van der Waals surface area contributed by atoms with Gasteiger partial charge in [0.2, 0.25) is 0 Å². The molecule has 1 N–H and O–H groups in total. The minimum atomic E-state index is -0.232. The Balaban J connectivity index is 1.54. The molecule has 0 spiro atoms. The van der Waals surface area contributed by atoms with Crippen molar-refractivity contribution in [3.63, 3.8) is 0 Å². The highest BCUT2D eigenvalue weighted by molar-refractivity contribution is 6.07. The van der Waals surface area contributed by atoms with Gasteiger partial charge in [0.15, 0.2) is 5.76 Å². The van der Waals surface area contributed by atoms with Crippen LogP contribution in [0.3, 0.4) is 0 Å². The van der Waals surface area contributed by atoms with Crippen LogP contribution in [0.5, 0.6) is 0 Å². The average Bonchev–Trinajstić information content (AvgIpc) is 3.14. The number of amides is 2. The monoisotopic (exact) mass is 422 g/mol. The average molecular weight is 423 g/mol. The predicted octanol–water partition coefficient (Wildman–Crippen LogP) is 3.14. The summed E-state index contributed by atoms with van der Waals surface area (Å²) in [6.07, 6.45) is 2.39. The molecular formula is C24H30N4O3. The second-order valence-corrected chi connectivity index (χ2v) is 8.25. The third kappa shape index (κ3) is 4.28. The van der Waals surface area contributed by atoms with Gasteiger partial charge in [0, 0.05) is 49.3 Å². The maximum absolute atomic E-state index is 13.1. The van der Waals surface area contributed by atoms with Crippen molar-refractivity contribution in [2.45, 2.75) is 40.0 Å². The first-order valence-electron chi connectivity index (χ1n) is 11.1. The molecule has 2 heterocycles. The fraction of sp³-hybridized carbons (Fsp3) is 0.458. The normalized spacial score (nSPS) is 18.2. The number of piperazine rings is 1. The lowest BCUT2D eigenvalue weighted by Crippen LogP contribution is -2.48. The lowest BCUT2D eigenvalue weighted by Gasteiger charge is -2.33. The van der Waals surface area contributed by atoms with Crippen LogP contribution in [0.4, 0.5) is 0 Å². The van der Waals surface area contributed by atoms with Crippen LogP contribution >= 0.6 is 0 Å². The number of hydrogen-bond donors (Lipinski definition) is 1. The molecule has 164 valence electrons. The minimum absolute atomic E-state index is 0.0500. The molecule has 0 bridgehead atoms. The first-order valence-corrected chi connectivity index (χ1v) is 11.1. The van der Waals surface area contributed by atoms with Crippen LogP contribution < -0.4 is 5.43 Å². The summed E-state index contributed by atoms with van der Waals surface area (Å²) in [5.41, 5.74) is 6.68. The van der Waals surface area contributed by atoms with Gasteiger partial charge in [-0.15, -0.1) is 0 Å². The lowest BCUT2D eigenvalue weighted by molar-refractivity contribution is 0.0609. The molecule has 1 saturated heterocycles. The van der Waals surface area contributed by atoms with Crippen LogP contribution in [-0.2, 0) is 6.42 Å². The van der Waals surface area contributed by atoms with Gasteiger partial charge in [-0.25, -0.2) is 5.43 Å². The van der Waals surface area contributed by atoms with E-state index in [1.54, 1.807) is 6.07 Å². The largest absolute Gasteiger partial charge is 0.455 e. The number of fused-ring (bicyclic) bond motifs is 1. The SMILES string of the molecule is CCN1CCN(C(=O)c2oc3c(c2C)/C(=N/NC(=O)c2ccccc2C)CCC3)CC1. The number of rotatable bonds is 4. The Kier molecular flexibility index (Phi) is 6.23. The summed E-state index contributed by atoms with van der Waals surface area (Å²) in [6.45, 7) is 10.2. The first kappa shape index (κ1) is 21.3. The van der Waals surface area contributed by atoms with Crippen LogP contribution in [0.25, 0.3) is 0 Å². The van der Waals surface area contributed by atoms with Crippen molar-refractivity contribution in [1.82, 2.24) is 15.2 Å². The summed E-state index contributed by atoms with van der Waals surface area (Å²) in [5, 5.41) is 4.43. The zero-order chi connectivity index (χ0) is 22.0. The molecule has 2 aliphatic rings. The molecule has 1 aromatic carbocycles. The second-order valence-electron chi connectivity index (χ2n) is 8.25. The number of hydrazone groups is 1. The third-order valence-electron chi connectivity index (χ3n) is 6.31. The summed E-state index contributed by atoms with van der Waals surface area (Å²) >= 11 is 0. The van der Waals surface area contributed by atoms with Gasteiger partial charge >= 0.3 is 0 Å². The van der Waals surface area contributed by atoms with Crippen molar-refractivity contribution in [2.75, 3.05) is 32.7 Å². The number of carbonyl (C=O) groups excluding carboxylic acids is 2. The highest BCUT2D eigenvalue weighted by Crippen LogP contribution is 2.30. The van der Waals surface area contributed by atoms with Gasteiger partial charge in [0.1, 0.15) is 5.76 Å². The zero-order valence-electron chi connectivity index (χ0n) is 18.5. The number of nitrogens with zero attached hydrogens (tertiary/aromatic N) is 3. The van der Waals surface area contributed by atoms with E-state index in [4.69, 9.17) is 4.42 Å². The van der Waals surface area contributed by atoms with Gasteiger partial charge in [0.05, 0.1) is 5.71 Å². The molecule has 1 fully saturated rings. The Morgan fingerprint density at radius 2 is 1.84 bits per heavy atom. The maximum atomic E-state index is 13.1. The van der Waals surface area contributed by atoms with Crippen LogP contribution in [0.15, 0.2) is 33.8 Å². The molecule has 0 radical (unpaired) electrons. The van der Waals surface area contributed by atoms with Crippen molar-refractivity contribution in [2.24, 2.45) is 5.10 Å². The molecule has 2 aromatic rings. The maximum Gasteiger partial charge on any atom is 0.289 e. The van der Waals surface area contributed by atoms with Crippen molar-refractivity contribution >= 4 is 17.5 Å². The minimum Gasteiger partial charge on any atom is -0.455 e. The van der Waals surface area contributed by atoms with Crippen LogP contribution in [-0.4, -0.2) is 60.0 Å². The number of furan rings is 1. The smallest absolute Gasteiger partial charge is 0.289 e. The Hall–Kier alpha value is -2.93. The number of carbonyl (C=O) groups is 2. The van der Waals surface area contributed by atoms with E-state index in [2.05, 4.69) is 22.4 Å². The molecule has 1 aliphatic carbocycles. The fourth-order valence-corrected chi connectivity index (χ4v) is 4.40. The van der Waals surface area contributed by atoms with E-state index in [-0.39, 0.29) is 11.8 Å². The molecule has 1 aromatic heterocycles. The van der Waals surface area contributed by atoms with E-state index in [0.29, 0.717) is 24.4 Å². The zero-order valence-corrected chi connectivity index (χ0v) is 18.5. The molecule has 2 amide bonds. The van der Waals surface area contributed by atoms with Crippen LogP contribution in [0.1, 0.15) is 63.1 Å². The molecule has 7 heteroatoms. The number of likely N-dealkylation sites (N-methyl/N-ethyl adjacent to an activating group) is 1. The summed E-state index contributed by atoms with van der Waals surface area (Å²) < 4.78 is 6.05. The van der Waals surface area contributed by atoms with Gasteiger partial charge in [-0.3, -0.25) is 9.59 Å². The highest BCUT2D eigenvalue weighted by atomic mass is 16.4. The molecule has 7 nitrogen and oxygen atoms in total. The lowest BCUT2D eigenvalue weighted by atomic mass is 9.93. The summed E-state index contributed by atoms with van der Waals surface area (Å²) in [6, 6.07) is 7.43. The molecule has 1 aliphatic heterocycles. The van der Waals surface area contributed by atoms with Gasteiger partial charge in [-0.2, -0.15) is 5.10 Å². The van der Waals surface area contributed by atoms with Gasteiger partial charge in [-0.05, 0) is 44.9 Å². The van der Waals surface area contributed by atoms with Gasteiger partial charge in [0.25, 0.3) is 11.8 Å². The highest BCUT2D eigenvalue weighted by Gasteiger charge is 2.31. The van der Waals surface area contributed by atoms with Gasteiger partial charge in [-0.1, -0.05) is 25.1 Å². The van der Waals surface area contributed by atoms with Crippen molar-refractivity contribution in [1.29, 1.82) is 0 Å². The third-order valence-corrected chi connectivity index (χ3v) is 6.31. The second kappa shape index (κ2) is 9.06. The standard InChI is InChI=1S/C24H30N4O3/c1-4-27-12-14-28(15-13-27)24(30)22-17(3)21-19(10-7-11-20(21)31-22)25-26-23(29)18-9-6-5-8-16(18)2/h5-6,8-9H,4,7,10-15H2,1-3H3,(H,26,29)/b25-19+. The molecule has 31 heavy (non-hydrogen) atoms. The quantitative estimate of drug-likeness (QED) is 0.768. The number of aryl methyl sites for hydroxylation is 2. The Bertz CT molecular complexity index is 1020. The van der Waals surface area contributed by atoms with E-state index < -0.39 is 0 Å². The molecule has 0 saturated carbocycles. The van der Waals surface area contributed by atoms with E-state index >= 15 is 0 Å². The fourth-order valence-electron chi connectivity index (χ4n) is 4.40. The predicted molar refractivity (Wildman–Crippen MR) is 120 cm³/mol.